The van der Waals surface area contributed by atoms with Gasteiger partial charge in [0.05, 0.1) is 10.5 Å². The number of carbonyl (C=O) groups is 1. The Morgan fingerprint density at radius 3 is 2.50 bits per heavy atom. The molecule has 7 heteroatoms. The summed E-state index contributed by atoms with van der Waals surface area (Å²) in [4.78, 5) is 23.7. The van der Waals surface area contributed by atoms with Gasteiger partial charge >= 0.3 is 5.69 Å². The first-order chi connectivity index (χ1) is 9.30. The summed E-state index contributed by atoms with van der Waals surface area (Å²) < 4.78 is 0. The number of likely N-dealkylation sites (tertiary alicyclic amines) is 1. The van der Waals surface area contributed by atoms with E-state index >= 15 is 0 Å². The number of phenols is 1. The van der Waals surface area contributed by atoms with Gasteiger partial charge in [0.2, 0.25) is 0 Å². The second kappa shape index (κ2) is 5.09. The van der Waals surface area contributed by atoms with Crippen molar-refractivity contribution in [3.8, 4) is 5.75 Å². The van der Waals surface area contributed by atoms with Gasteiger partial charge < -0.3 is 15.1 Å². The average molecular weight is 280 g/mol. The summed E-state index contributed by atoms with van der Waals surface area (Å²) in [6, 6.07) is 3.54. The van der Waals surface area contributed by atoms with Crippen molar-refractivity contribution in [1.29, 1.82) is 0 Å². The molecule has 0 saturated carbocycles. The maximum absolute atomic E-state index is 12.2. The summed E-state index contributed by atoms with van der Waals surface area (Å²) in [7, 11) is 0. The minimum Gasteiger partial charge on any atom is -0.502 e. The molecular weight excluding hydrogens is 264 g/mol. The second-order valence-corrected chi connectivity index (χ2v) is 5.25. The fraction of sp³-hybridized carbons (Fsp3) is 0.462. The molecule has 1 amide bonds. The van der Waals surface area contributed by atoms with Crippen LogP contribution in [0, 0.1) is 10.1 Å². The van der Waals surface area contributed by atoms with E-state index in [4.69, 9.17) is 0 Å². The summed E-state index contributed by atoms with van der Waals surface area (Å²) in [5, 5.41) is 30.0. The van der Waals surface area contributed by atoms with Gasteiger partial charge in [-0.15, -0.1) is 0 Å². The van der Waals surface area contributed by atoms with Gasteiger partial charge in [0.25, 0.3) is 5.91 Å². The predicted molar refractivity (Wildman–Crippen MR) is 70.5 cm³/mol. The van der Waals surface area contributed by atoms with E-state index in [1.54, 1.807) is 11.8 Å². The van der Waals surface area contributed by atoms with Crippen LogP contribution < -0.4 is 0 Å². The number of phenolic OH excluding ortho intramolecular Hbond substituents is 1. The van der Waals surface area contributed by atoms with Crippen LogP contribution in [0.2, 0.25) is 0 Å². The molecule has 1 saturated heterocycles. The highest BCUT2D eigenvalue weighted by Gasteiger charge is 2.30. The summed E-state index contributed by atoms with van der Waals surface area (Å²) in [6.07, 6.45) is 0.968. The second-order valence-electron chi connectivity index (χ2n) is 5.25. The lowest BCUT2D eigenvalue weighted by atomic mass is 9.93. The van der Waals surface area contributed by atoms with E-state index < -0.39 is 22.0 Å². The monoisotopic (exact) mass is 280 g/mol. The molecule has 0 aliphatic carbocycles. The van der Waals surface area contributed by atoms with E-state index in [9.17, 15) is 25.1 Å². The highest BCUT2D eigenvalue weighted by molar-refractivity contribution is 5.95. The Hall–Kier alpha value is -2.15. The molecule has 108 valence electrons. The quantitative estimate of drug-likeness (QED) is 0.627. The number of carbonyl (C=O) groups excluding carboxylic acids is 1. The summed E-state index contributed by atoms with van der Waals surface area (Å²) in [5.74, 6) is -0.824. The highest BCUT2D eigenvalue weighted by atomic mass is 16.6. The van der Waals surface area contributed by atoms with Crippen molar-refractivity contribution in [2.45, 2.75) is 25.4 Å². The van der Waals surface area contributed by atoms with Crippen molar-refractivity contribution in [2.75, 3.05) is 13.1 Å². The van der Waals surface area contributed by atoms with E-state index in [0.29, 0.717) is 25.9 Å². The first kappa shape index (κ1) is 14.3. The van der Waals surface area contributed by atoms with Crippen LogP contribution in [0.25, 0.3) is 0 Å². The molecule has 0 bridgehead atoms. The number of aliphatic hydroxyl groups is 1. The maximum atomic E-state index is 12.2. The molecule has 0 atom stereocenters. The Balaban J connectivity index is 2.14. The fourth-order valence-corrected chi connectivity index (χ4v) is 2.18. The SMILES string of the molecule is CC1(O)CCN(C(=O)c2ccc([N+](=O)[O-])c(O)c2)CC1. The van der Waals surface area contributed by atoms with Gasteiger partial charge in [-0.1, -0.05) is 0 Å². The molecule has 0 radical (unpaired) electrons. The zero-order valence-corrected chi connectivity index (χ0v) is 11.1. The molecular formula is C13H16N2O5. The smallest absolute Gasteiger partial charge is 0.310 e. The normalized spacial score (nSPS) is 17.8. The number of piperidine rings is 1. The Kier molecular flexibility index (Phi) is 3.63. The molecule has 0 aromatic heterocycles. The Bertz CT molecular complexity index is 546. The van der Waals surface area contributed by atoms with Crippen LogP contribution in [-0.2, 0) is 0 Å². The lowest BCUT2D eigenvalue weighted by Gasteiger charge is -2.35. The standard InChI is InChI=1S/C13H16N2O5/c1-13(18)4-6-14(7-5-13)12(17)9-2-3-10(15(19)20)11(16)8-9/h2-3,8,16,18H,4-7H2,1H3. The molecule has 0 spiro atoms. The van der Waals surface area contributed by atoms with Gasteiger partial charge in [0, 0.05) is 24.7 Å². The van der Waals surface area contributed by atoms with Crippen LogP contribution in [0.4, 0.5) is 5.69 Å². The third-order valence-electron chi connectivity index (χ3n) is 3.55. The minimum atomic E-state index is -0.756. The molecule has 0 unspecified atom stereocenters. The summed E-state index contributed by atoms with van der Waals surface area (Å²) >= 11 is 0. The van der Waals surface area contributed by atoms with Crippen molar-refractivity contribution in [2.24, 2.45) is 0 Å². The summed E-state index contributed by atoms with van der Waals surface area (Å²) in [5.41, 5.74) is -0.980. The van der Waals surface area contributed by atoms with Gasteiger partial charge in [-0.3, -0.25) is 14.9 Å². The van der Waals surface area contributed by atoms with E-state index in [-0.39, 0.29) is 11.5 Å². The van der Waals surface area contributed by atoms with Crippen LogP contribution in [0.1, 0.15) is 30.1 Å². The van der Waals surface area contributed by atoms with Gasteiger partial charge in [0.15, 0.2) is 5.75 Å². The van der Waals surface area contributed by atoms with Crippen molar-refractivity contribution in [1.82, 2.24) is 4.90 Å². The predicted octanol–water partition coefficient (Wildman–Crippen LogP) is 1.29. The number of aromatic hydroxyl groups is 1. The van der Waals surface area contributed by atoms with Crippen molar-refractivity contribution in [3.05, 3.63) is 33.9 Å². The Labute approximate surface area is 115 Å². The maximum Gasteiger partial charge on any atom is 0.310 e. The van der Waals surface area contributed by atoms with Crippen LogP contribution in [0.3, 0.4) is 0 Å². The third kappa shape index (κ3) is 2.88. The van der Waals surface area contributed by atoms with Gasteiger partial charge in [-0.2, -0.15) is 0 Å². The largest absolute Gasteiger partial charge is 0.502 e. The van der Waals surface area contributed by atoms with Gasteiger partial charge in [-0.25, -0.2) is 0 Å². The zero-order chi connectivity index (χ0) is 14.9. The van der Waals surface area contributed by atoms with Crippen LogP contribution >= 0.6 is 0 Å². The number of hydrogen-bond donors (Lipinski definition) is 2. The van der Waals surface area contributed by atoms with Crippen molar-refractivity contribution in [3.63, 3.8) is 0 Å². The van der Waals surface area contributed by atoms with E-state index in [2.05, 4.69) is 0 Å². The number of nitrogens with zero attached hydrogens (tertiary/aromatic N) is 2. The molecule has 1 aromatic carbocycles. The van der Waals surface area contributed by atoms with Crippen molar-refractivity contribution < 1.29 is 19.9 Å². The highest BCUT2D eigenvalue weighted by Crippen LogP contribution is 2.28. The van der Waals surface area contributed by atoms with Crippen LogP contribution in [0.5, 0.6) is 5.75 Å². The van der Waals surface area contributed by atoms with Crippen LogP contribution in [-0.4, -0.2) is 44.6 Å². The molecule has 1 fully saturated rings. The molecule has 7 nitrogen and oxygen atoms in total. The number of amides is 1. The first-order valence-corrected chi connectivity index (χ1v) is 6.29. The summed E-state index contributed by atoms with van der Waals surface area (Å²) in [6.45, 7) is 2.57. The average Bonchev–Trinajstić information content (AvgIpc) is 2.37. The minimum absolute atomic E-state index is 0.203. The lowest BCUT2D eigenvalue weighted by molar-refractivity contribution is -0.385. The number of nitro groups is 1. The topological polar surface area (TPSA) is 104 Å². The zero-order valence-electron chi connectivity index (χ0n) is 11.1. The van der Waals surface area contributed by atoms with Gasteiger partial charge in [-0.05, 0) is 31.9 Å². The lowest BCUT2D eigenvalue weighted by Crippen LogP contribution is -2.45. The van der Waals surface area contributed by atoms with E-state index in [0.717, 1.165) is 12.1 Å². The van der Waals surface area contributed by atoms with Crippen LogP contribution in [0.15, 0.2) is 18.2 Å². The third-order valence-corrected chi connectivity index (χ3v) is 3.55. The molecule has 2 N–H and O–H groups in total. The number of nitro benzene ring substituents is 1. The first-order valence-electron chi connectivity index (χ1n) is 6.29. The molecule has 1 aliphatic heterocycles. The fourth-order valence-electron chi connectivity index (χ4n) is 2.18. The number of rotatable bonds is 2. The number of hydrogen-bond acceptors (Lipinski definition) is 5. The molecule has 20 heavy (non-hydrogen) atoms. The number of benzene rings is 1. The Morgan fingerprint density at radius 2 is 2.00 bits per heavy atom. The van der Waals surface area contributed by atoms with Crippen molar-refractivity contribution >= 4 is 11.6 Å². The molecule has 1 heterocycles. The Morgan fingerprint density at radius 1 is 1.40 bits per heavy atom. The molecule has 1 aliphatic rings. The molecule has 2 rings (SSSR count). The van der Waals surface area contributed by atoms with E-state index in [1.165, 1.54) is 6.07 Å². The van der Waals surface area contributed by atoms with Gasteiger partial charge in [0.1, 0.15) is 0 Å². The molecule has 1 aromatic rings. The van der Waals surface area contributed by atoms with E-state index in [1.807, 2.05) is 0 Å².